The smallest absolute Gasteiger partial charge is 0.342 e. The molecule has 0 spiro atoms. The van der Waals surface area contributed by atoms with Gasteiger partial charge in [0.1, 0.15) is 0 Å². The average molecular weight is 355 g/mol. The molecule has 1 aliphatic heterocycles. The van der Waals surface area contributed by atoms with Gasteiger partial charge < -0.3 is 10.4 Å². The number of amides is 4. The van der Waals surface area contributed by atoms with E-state index < -0.39 is 40.1 Å². The van der Waals surface area contributed by atoms with Gasteiger partial charge in [-0.3, -0.25) is 0 Å². The highest BCUT2D eigenvalue weighted by atomic mass is 32.2. The fourth-order valence-electron chi connectivity index (χ4n) is 2.40. The van der Waals surface area contributed by atoms with Gasteiger partial charge in [0.05, 0.1) is 18.8 Å². The van der Waals surface area contributed by atoms with Crippen molar-refractivity contribution < 1.29 is 27.9 Å². The van der Waals surface area contributed by atoms with Gasteiger partial charge in [-0.2, -0.15) is 0 Å². The number of carbonyl (C=O) groups is 3. The number of imide groups is 1. The topological polar surface area (TPSA) is 124 Å². The molecule has 1 fully saturated rings. The van der Waals surface area contributed by atoms with Crippen molar-refractivity contribution in [2.45, 2.75) is 19.0 Å². The Hall–Kier alpha value is -2.62. The molecule has 2 atom stereocenters. The zero-order chi connectivity index (χ0) is 18.1. The number of benzene rings is 1. The van der Waals surface area contributed by atoms with Gasteiger partial charge in [-0.05, 0) is 12.5 Å². The summed E-state index contributed by atoms with van der Waals surface area (Å²) in [7, 11) is -3.80. The molecular formula is C14H17N3O6S. The minimum absolute atomic E-state index is 0.172. The molecule has 4 amide bonds. The lowest BCUT2D eigenvalue weighted by atomic mass is 10.1. The van der Waals surface area contributed by atoms with Crippen LogP contribution in [0.5, 0.6) is 0 Å². The van der Waals surface area contributed by atoms with E-state index in [0.717, 1.165) is 6.26 Å². The second-order valence-electron chi connectivity index (χ2n) is 5.43. The van der Waals surface area contributed by atoms with E-state index in [1.165, 1.54) is 19.1 Å². The van der Waals surface area contributed by atoms with Gasteiger partial charge in [-0.15, -0.1) is 0 Å². The molecule has 2 unspecified atom stereocenters. The third-order valence-corrected chi connectivity index (χ3v) is 4.66. The lowest BCUT2D eigenvalue weighted by molar-refractivity contribution is -0.139. The van der Waals surface area contributed by atoms with Crippen LogP contribution in [-0.2, 0) is 14.8 Å². The first-order chi connectivity index (χ1) is 11.1. The molecule has 1 saturated heterocycles. The predicted octanol–water partition coefficient (Wildman–Crippen LogP) is 0.608. The number of carbonyl (C=O) groups excluding carboxylic acids is 2. The Balaban J connectivity index is 2.22. The summed E-state index contributed by atoms with van der Waals surface area (Å²) in [5.41, 5.74) is 0.331. The molecule has 10 heteroatoms. The van der Waals surface area contributed by atoms with E-state index in [-0.39, 0.29) is 6.54 Å². The number of nitrogens with zero attached hydrogens (tertiary/aromatic N) is 2. The van der Waals surface area contributed by atoms with Gasteiger partial charge in [0.2, 0.25) is 10.0 Å². The van der Waals surface area contributed by atoms with Crippen molar-refractivity contribution in [2.75, 3.05) is 12.8 Å². The number of urea groups is 2. The summed E-state index contributed by atoms with van der Waals surface area (Å²) in [6, 6.07) is 3.95. The Morgan fingerprint density at radius 1 is 1.29 bits per heavy atom. The van der Waals surface area contributed by atoms with Gasteiger partial charge in [-0.25, -0.2) is 32.0 Å². The number of rotatable bonds is 4. The van der Waals surface area contributed by atoms with Crippen molar-refractivity contribution in [2.24, 2.45) is 0 Å². The van der Waals surface area contributed by atoms with Crippen LogP contribution in [0.3, 0.4) is 0 Å². The molecule has 0 aromatic heterocycles. The summed E-state index contributed by atoms with van der Waals surface area (Å²) in [5, 5.41) is 11.6. The minimum atomic E-state index is -3.80. The van der Waals surface area contributed by atoms with Crippen molar-refractivity contribution in [3.8, 4) is 0 Å². The van der Waals surface area contributed by atoms with E-state index in [1.807, 2.05) is 0 Å². The predicted molar refractivity (Wildman–Crippen MR) is 83.6 cm³/mol. The van der Waals surface area contributed by atoms with Gasteiger partial charge in [-0.1, -0.05) is 30.3 Å². The maximum Gasteiger partial charge on any atom is 0.342 e. The summed E-state index contributed by atoms with van der Waals surface area (Å²) >= 11 is 0. The first-order valence-electron chi connectivity index (χ1n) is 7.02. The van der Waals surface area contributed by atoms with E-state index in [9.17, 15) is 27.9 Å². The SMILES string of the molecule is CC1CN(S(C)(=O)=O)C(=O)N1C(=O)NC(C(=O)O)c1ccccc1. The highest BCUT2D eigenvalue weighted by molar-refractivity contribution is 7.88. The molecule has 0 aliphatic carbocycles. The normalized spacial score (nSPS) is 19.2. The zero-order valence-electron chi connectivity index (χ0n) is 13.0. The number of carboxylic acid groups (broad SMARTS) is 1. The lowest BCUT2D eigenvalue weighted by Gasteiger charge is -2.22. The number of nitrogens with one attached hydrogen (secondary N) is 1. The van der Waals surface area contributed by atoms with Crippen LogP contribution in [0.15, 0.2) is 30.3 Å². The molecule has 2 N–H and O–H groups in total. The zero-order valence-corrected chi connectivity index (χ0v) is 13.9. The van der Waals surface area contributed by atoms with Crippen LogP contribution in [0.1, 0.15) is 18.5 Å². The monoisotopic (exact) mass is 355 g/mol. The van der Waals surface area contributed by atoms with E-state index >= 15 is 0 Å². The van der Waals surface area contributed by atoms with Crippen LogP contribution < -0.4 is 5.32 Å². The average Bonchev–Trinajstić information content (AvgIpc) is 2.80. The highest BCUT2D eigenvalue weighted by Crippen LogP contribution is 2.20. The second-order valence-corrected chi connectivity index (χ2v) is 7.33. The van der Waals surface area contributed by atoms with Crippen molar-refractivity contribution in [3.05, 3.63) is 35.9 Å². The number of hydrogen-bond acceptors (Lipinski definition) is 5. The molecule has 1 aromatic rings. The molecule has 130 valence electrons. The Morgan fingerprint density at radius 3 is 2.33 bits per heavy atom. The number of hydrogen-bond donors (Lipinski definition) is 2. The molecular weight excluding hydrogens is 338 g/mol. The standard InChI is InChI=1S/C14H17N3O6S/c1-9-8-16(24(2,22)23)14(21)17(9)13(20)15-11(12(18)19)10-6-4-3-5-7-10/h3-7,9,11H,8H2,1-2H3,(H,15,20)(H,18,19). The maximum atomic E-state index is 12.3. The summed E-state index contributed by atoms with van der Waals surface area (Å²) in [6.07, 6.45) is 0.864. The molecule has 2 rings (SSSR count). The largest absolute Gasteiger partial charge is 0.479 e. The summed E-state index contributed by atoms with van der Waals surface area (Å²) < 4.78 is 23.7. The van der Waals surface area contributed by atoms with Gasteiger partial charge in [0, 0.05) is 0 Å². The van der Waals surface area contributed by atoms with Crippen LogP contribution in [0.2, 0.25) is 0 Å². The summed E-state index contributed by atoms with van der Waals surface area (Å²) in [5.74, 6) is -1.30. The van der Waals surface area contributed by atoms with Crippen molar-refractivity contribution in [1.29, 1.82) is 0 Å². The summed E-state index contributed by atoms with van der Waals surface area (Å²) in [6.45, 7) is 1.33. The van der Waals surface area contributed by atoms with Gasteiger partial charge >= 0.3 is 18.0 Å². The van der Waals surface area contributed by atoms with Crippen LogP contribution >= 0.6 is 0 Å². The number of aliphatic carboxylic acids is 1. The second kappa shape index (κ2) is 6.48. The Kier molecular flexibility index (Phi) is 4.78. The Bertz CT molecular complexity index is 764. The number of carboxylic acids is 1. The quantitative estimate of drug-likeness (QED) is 0.815. The fourth-order valence-corrected chi connectivity index (χ4v) is 3.26. The van der Waals surface area contributed by atoms with Crippen molar-refractivity contribution in [3.63, 3.8) is 0 Å². The molecule has 0 bridgehead atoms. The first-order valence-corrected chi connectivity index (χ1v) is 8.87. The highest BCUT2D eigenvalue weighted by Gasteiger charge is 2.44. The van der Waals surface area contributed by atoms with Gasteiger partial charge in [0.25, 0.3) is 0 Å². The molecule has 9 nitrogen and oxygen atoms in total. The number of sulfonamides is 1. The Labute approximate surface area is 138 Å². The minimum Gasteiger partial charge on any atom is -0.479 e. The van der Waals surface area contributed by atoms with Crippen LogP contribution in [0.4, 0.5) is 9.59 Å². The third kappa shape index (κ3) is 3.48. The molecule has 1 aliphatic rings. The molecule has 0 radical (unpaired) electrons. The van der Waals surface area contributed by atoms with E-state index in [0.29, 0.717) is 14.8 Å². The van der Waals surface area contributed by atoms with E-state index in [4.69, 9.17) is 0 Å². The molecule has 1 heterocycles. The van der Waals surface area contributed by atoms with E-state index in [1.54, 1.807) is 18.2 Å². The van der Waals surface area contributed by atoms with Crippen LogP contribution in [0.25, 0.3) is 0 Å². The van der Waals surface area contributed by atoms with Crippen molar-refractivity contribution >= 4 is 28.1 Å². The maximum absolute atomic E-state index is 12.3. The van der Waals surface area contributed by atoms with Crippen LogP contribution in [0, 0.1) is 0 Å². The van der Waals surface area contributed by atoms with Crippen molar-refractivity contribution in [1.82, 2.24) is 14.5 Å². The molecule has 0 saturated carbocycles. The molecule has 24 heavy (non-hydrogen) atoms. The van der Waals surface area contributed by atoms with E-state index in [2.05, 4.69) is 5.32 Å². The fraction of sp³-hybridized carbons (Fsp3) is 0.357. The van der Waals surface area contributed by atoms with Gasteiger partial charge in [0.15, 0.2) is 6.04 Å². The third-order valence-electron chi connectivity index (χ3n) is 3.56. The summed E-state index contributed by atoms with van der Waals surface area (Å²) in [4.78, 5) is 36.6. The molecule has 1 aromatic carbocycles. The Morgan fingerprint density at radius 2 is 1.88 bits per heavy atom. The lowest BCUT2D eigenvalue weighted by Crippen LogP contribution is -2.48. The first kappa shape index (κ1) is 17.7. The van der Waals surface area contributed by atoms with Crippen LogP contribution in [-0.4, -0.2) is 59.6 Å².